The minimum absolute atomic E-state index is 0.112. The van der Waals surface area contributed by atoms with Crippen molar-refractivity contribution in [2.45, 2.75) is 71.1 Å². The van der Waals surface area contributed by atoms with Gasteiger partial charge in [-0.2, -0.15) is 15.5 Å². The smallest absolute Gasteiger partial charge is 0.230 e. The first-order chi connectivity index (χ1) is 18.4. The standard InChI is InChI=1S/C28H33FN8O/c1-18-11-21-23(15-35(18)17-28(7-8-28)27(38)33-9-3-4-10-33)32-36-19(2)14-34(16-25(21)36)24-6-5-20(12-30)37-26(24)22(29)13-31-37/h5-6,13,18-19H,3-4,7-11,14-17H2,1-2H3/t18-,19+/m0/s1. The molecule has 0 unspecified atom stereocenters. The molecule has 4 aliphatic rings. The third kappa shape index (κ3) is 3.55. The van der Waals surface area contributed by atoms with Crippen LogP contribution in [0.15, 0.2) is 18.3 Å². The Hall–Kier alpha value is -3.45. The van der Waals surface area contributed by atoms with Crippen LogP contribution < -0.4 is 4.90 Å². The average Bonchev–Trinajstić information content (AvgIpc) is 3.24. The second-order valence-corrected chi connectivity index (χ2v) is 11.8. The van der Waals surface area contributed by atoms with Crippen molar-refractivity contribution in [1.29, 1.82) is 5.26 Å². The number of pyridine rings is 1. The molecular weight excluding hydrogens is 483 g/mol. The Kier molecular flexibility index (Phi) is 5.31. The number of hydrogen-bond acceptors (Lipinski definition) is 6. The normalized spacial score (nSPS) is 24.4. The van der Waals surface area contributed by atoms with Gasteiger partial charge in [0.2, 0.25) is 5.91 Å². The lowest BCUT2D eigenvalue weighted by Crippen LogP contribution is -2.46. The summed E-state index contributed by atoms with van der Waals surface area (Å²) in [6, 6.07) is 6.07. The molecule has 2 atom stereocenters. The number of halogens is 1. The summed E-state index contributed by atoms with van der Waals surface area (Å²) in [6.45, 7) is 9.13. The SMILES string of the molecule is C[C@@H]1CN(c2ccc(C#N)n3ncc(F)c23)Cc2c3c(nn21)CN(CC1(C(=O)N2CCCC2)CC1)[C@@H](C)C3. The summed E-state index contributed by atoms with van der Waals surface area (Å²) in [5, 5.41) is 18.6. The van der Waals surface area contributed by atoms with Crippen LogP contribution in [0.1, 0.15) is 68.2 Å². The van der Waals surface area contributed by atoms with Crippen LogP contribution in [-0.2, 0) is 24.3 Å². The van der Waals surface area contributed by atoms with Gasteiger partial charge in [-0.3, -0.25) is 14.4 Å². The molecule has 1 aliphatic carbocycles. The highest BCUT2D eigenvalue weighted by Crippen LogP contribution is 2.49. The largest absolute Gasteiger partial charge is 0.362 e. The van der Waals surface area contributed by atoms with E-state index >= 15 is 0 Å². The summed E-state index contributed by atoms with van der Waals surface area (Å²) in [7, 11) is 0. The predicted molar refractivity (Wildman–Crippen MR) is 139 cm³/mol. The molecule has 6 heterocycles. The molecule has 1 amide bonds. The summed E-state index contributed by atoms with van der Waals surface area (Å²) in [5.74, 6) is -0.0603. The minimum Gasteiger partial charge on any atom is -0.362 e. The third-order valence-corrected chi connectivity index (χ3v) is 9.18. The number of fused-ring (bicyclic) bond motifs is 4. The van der Waals surface area contributed by atoms with Crippen LogP contribution in [0.5, 0.6) is 0 Å². The topological polar surface area (TPSA) is 85.7 Å². The maximum absolute atomic E-state index is 14.8. The van der Waals surface area contributed by atoms with E-state index in [9.17, 15) is 14.4 Å². The number of likely N-dealkylation sites (tertiary alicyclic amines) is 1. The van der Waals surface area contributed by atoms with Gasteiger partial charge in [0.1, 0.15) is 17.3 Å². The number of carbonyl (C=O) groups excluding carboxylic acids is 1. The van der Waals surface area contributed by atoms with Gasteiger partial charge in [0.25, 0.3) is 0 Å². The van der Waals surface area contributed by atoms with E-state index in [0.717, 1.165) is 69.7 Å². The molecule has 2 fully saturated rings. The highest BCUT2D eigenvalue weighted by atomic mass is 19.1. The van der Waals surface area contributed by atoms with Gasteiger partial charge in [-0.05, 0) is 58.1 Å². The second kappa shape index (κ2) is 8.53. The van der Waals surface area contributed by atoms with E-state index in [4.69, 9.17) is 5.10 Å². The van der Waals surface area contributed by atoms with Gasteiger partial charge in [-0.1, -0.05) is 0 Å². The molecule has 3 aliphatic heterocycles. The van der Waals surface area contributed by atoms with Crippen LogP contribution >= 0.6 is 0 Å². The van der Waals surface area contributed by atoms with Crippen molar-refractivity contribution in [2.75, 3.05) is 31.1 Å². The zero-order valence-electron chi connectivity index (χ0n) is 22.0. The minimum atomic E-state index is -0.424. The Balaban J connectivity index is 1.16. The van der Waals surface area contributed by atoms with E-state index in [-0.39, 0.29) is 11.5 Å². The molecule has 0 bridgehead atoms. The number of anilines is 1. The molecule has 9 nitrogen and oxygen atoms in total. The van der Waals surface area contributed by atoms with E-state index < -0.39 is 5.82 Å². The van der Waals surface area contributed by atoms with Gasteiger partial charge in [0.15, 0.2) is 5.82 Å². The molecule has 1 saturated heterocycles. The highest BCUT2D eigenvalue weighted by molar-refractivity contribution is 5.86. The van der Waals surface area contributed by atoms with Crippen molar-refractivity contribution in [3.8, 4) is 6.07 Å². The molecule has 198 valence electrons. The molecular formula is C28H33FN8O. The molecule has 7 rings (SSSR count). The van der Waals surface area contributed by atoms with Crippen molar-refractivity contribution >= 4 is 17.1 Å². The Morgan fingerprint density at radius 1 is 1.18 bits per heavy atom. The zero-order valence-corrected chi connectivity index (χ0v) is 22.0. The van der Waals surface area contributed by atoms with Crippen molar-refractivity contribution < 1.29 is 9.18 Å². The number of aromatic nitrogens is 4. The van der Waals surface area contributed by atoms with Crippen LogP contribution in [0, 0.1) is 22.6 Å². The molecule has 1 saturated carbocycles. The first-order valence-corrected chi connectivity index (χ1v) is 13.8. The van der Waals surface area contributed by atoms with Gasteiger partial charge in [-0.15, -0.1) is 0 Å². The van der Waals surface area contributed by atoms with Crippen molar-refractivity contribution in [2.24, 2.45) is 5.41 Å². The first kappa shape index (κ1) is 23.7. The van der Waals surface area contributed by atoms with Crippen molar-refractivity contribution in [3.05, 3.63) is 46.8 Å². The number of amides is 1. The summed E-state index contributed by atoms with van der Waals surface area (Å²) in [5.41, 5.74) is 4.78. The lowest BCUT2D eigenvalue weighted by molar-refractivity contribution is -0.137. The Bertz CT molecular complexity index is 1470. The van der Waals surface area contributed by atoms with Gasteiger partial charge >= 0.3 is 0 Å². The van der Waals surface area contributed by atoms with Gasteiger partial charge in [0.05, 0.1) is 41.3 Å². The second-order valence-electron chi connectivity index (χ2n) is 11.8. The third-order valence-electron chi connectivity index (χ3n) is 9.18. The fraction of sp³-hybridized carbons (Fsp3) is 0.571. The molecule has 0 radical (unpaired) electrons. The van der Waals surface area contributed by atoms with Gasteiger partial charge < -0.3 is 9.80 Å². The fourth-order valence-electron chi connectivity index (χ4n) is 6.88. The lowest BCUT2D eigenvalue weighted by Gasteiger charge is -2.37. The Labute approximate surface area is 221 Å². The fourth-order valence-corrected chi connectivity index (χ4v) is 6.88. The van der Waals surface area contributed by atoms with Crippen molar-refractivity contribution in [1.82, 2.24) is 29.2 Å². The predicted octanol–water partition coefficient (Wildman–Crippen LogP) is 3.27. The van der Waals surface area contributed by atoms with E-state index in [2.05, 4.69) is 44.4 Å². The monoisotopic (exact) mass is 516 g/mol. The molecule has 0 N–H and O–H groups in total. The maximum Gasteiger partial charge on any atom is 0.230 e. The summed E-state index contributed by atoms with van der Waals surface area (Å²) >= 11 is 0. The quantitative estimate of drug-likeness (QED) is 0.529. The van der Waals surface area contributed by atoms with Crippen molar-refractivity contribution in [3.63, 3.8) is 0 Å². The number of carbonyl (C=O) groups is 1. The molecule has 0 aromatic carbocycles. The zero-order chi connectivity index (χ0) is 26.2. The van der Waals surface area contributed by atoms with E-state index in [1.807, 2.05) is 6.07 Å². The van der Waals surface area contributed by atoms with Crippen LogP contribution in [0.25, 0.3) is 5.52 Å². The van der Waals surface area contributed by atoms with E-state index in [1.165, 1.54) is 22.0 Å². The van der Waals surface area contributed by atoms with Crippen LogP contribution in [-0.4, -0.2) is 67.3 Å². The van der Waals surface area contributed by atoms with E-state index in [1.54, 1.807) is 6.07 Å². The van der Waals surface area contributed by atoms with Gasteiger partial charge in [0, 0.05) is 44.3 Å². The first-order valence-electron chi connectivity index (χ1n) is 13.8. The molecule has 10 heteroatoms. The molecule has 3 aromatic rings. The number of nitrogens with zero attached hydrogens (tertiary/aromatic N) is 8. The number of rotatable bonds is 4. The molecule has 38 heavy (non-hydrogen) atoms. The maximum atomic E-state index is 14.8. The van der Waals surface area contributed by atoms with Crippen LogP contribution in [0.3, 0.4) is 0 Å². The highest BCUT2D eigenvalue weighted by Gasteiger charge is 2.53. The van der Waals surface area contributed by atoms with E-state index in [0.29, 0.717) is 36.2 Å². The average molecular weight is 517 g/mol. The lowest BCUT2D eigenvalue weighted by atomic mass is 9.94. The van der Waals surface area contributed by atoms with Gasteiger partial charge in [-0.25, -0.2) is 8.91 Å². The summed E-state index contributed by atoms with van der Waals surface area (Å²) in [4.78, 5) is 20.0. The Morgan fingerprint density at radius 3 is 2.71 bits per heavy atom. The van der Waals surface area contributed by atoms with Crippen LogP contribution in [0.2, 0.25) is 0 Å². The number of nitriles is 1. The summed E-state index contributed by atoms with van der Waals surface area (Å²) in [6.07, 6.45) is 6.31. The Morgan fingerprint density at radius 2 is 1.97 bits per heavy atom. The molecule has 3 aromatic heterocycles. The van der Waals surface area contributed by atoms with Crippen LogP contribution in [0.4, 0.5) is 10.1 Å². The molecule has 0 spiro atoms. The number of hydrogen-bond donors (Lipinski definition) is 0. The summed E-state index contributed by atoms with van der Waals surface area (Å²) < 4.78 is 18.4.